The molecule has 0 atom stereocenters. The first-order chi connectivity index (χ1) is 16.9. The summed E-state index contributed by atoms with van der Waals surface area (Å²) in [5.41, 5.74) is 0. The molecule has 188 valence electrons. The van der Waals surface area contributed by atoms with Gasteiger partial charge in [-0.1, -0.05) is 0 Å². The van der Waals surface area contributed by atoms with Crippen molar-refractivity contribution in [3.63, 3.8) is 0 Å². The van der Waals surface area contributed by atoms with Gasteiger partial charge in [0.2, 0.25) is 0 Å². The fourth-order valence-electron chi connectivity index (χ4n) is 2.61. The van der Waals surface area contributed by atoms with Gasteiger partial charge in [-0.05, 0) is 48.5 Å². The van der Waals surface area contributed by atoms with Gasteiger partial charge in [0.25, 0.3) is 0 Å². The van der Waals surface area contributed by atoms with Crippen LogP contribution in [0, 0.1) is 0 Å². The van der Waals surface area contributed by atoms with Crippen LogP contribution in [-0.4, -0.2) is 80.0 Å². The SMILES string of the molecule is c1cc2ccc1OCOCCOCCOCOc1ccc(cc1)OCOCCOCCOCO2. The number of hydrogen-bond acceptors (Lipinski definition) is 10. The molecule has 0 aliphatic carbocycles. The lowest BCUT2D eigenvalue weighted by molar-refractivity contribution is -0.0435. The van der Waals surface area contributed by atoms with Crippen molar-refractivity contribution in [2.75, 3.05) is 80.0 Å². The van der Waals surface area contributed by atoms with Gasteiger partial charge in [-0.2, -0.15) is 0 Å². The van der Waals surface area contributed by atoms with Gasteiger partial charge in [-0.3, -0.25) is 0 Å². The van der Waals surface area contributed by atoms with Crippen molar-refractivity contribution in [3.8, 4) is 23.0 Å². The van der Waals surface area contributed by atoms with Gasteiger partial charge in [0, 0.05) is 0 Å². The van der Waals surface area contributed by atoms with Crippen molar-refractivity contribution >= 4 is 0 Å². The summed E-state index contributed by atoms with van der Waals surface area (Å²) < 4.78 is 54.6. The zero-order valence-corrected chi connectivity index (χ0v) is 19.2. The maximum Gasteiger partial charge on any atom is 0.189 e. The van der Waals surface area contributed by atoms with E-state index in [2.05, 4.69) is 0 Å². The topological polar surface area (TPSA) is 92.3 Å². The van der Waals surface area contributed by atoms with Crippen LogP contribution in [0.15, 0.2) is 48.5 Å². The van der Waals surface area contributed by atoms with E-state index in [-0.39, 0.29) is 27.2 Å². The summed E-state index contributed by atoms with van der Waals surface area (Å²) in [6.45, 7) is 3.95. The lowest BCUT2D eigenvalue weighted by Gasteiger charge is -2.11. The minimum atomic E-state index is 0.131. The van der Waals surface area contributed by atoms with Crippen molar-refractivity contribution in [2.45, 2.75) is 0 Å². The Morgan fingerprint density at radius 1 is 0.294 bits per heavy atom. The summed E-state index contributed by atoms with van der Waals surface area (Å²) in [7, 11) is 0. The normalized spacial score (nSPS) is 18.6. The Morgan fingerprint density at radius 3 is 0.735 bits per heavy atom. The second kappa shape index (κ2) is 16.9. The summed E-state index contributed by atoms with van der Waals surface area (Å²) in [5.74, 6) is 2.71. The second-order valence-electron chi connectivity index (χ2n) is 6.85. The van der Waals surface area contributed by atoms with Gasteiger partial charge in [-0.15, -0.1) is 0 Å². The average molecular weight is 481 g/mol. The van der Waals surface area contributed by atoms with Crippen LogP contribution in [0.25, 0.3) is 0 Å². The van der Waals surface area contributed by atoms with E-state index in [9.17, 15) is 0 Å². The summed E-state index contributed by atoms with van der Waals surface area (Å²) in [4.78, 5) is 0. The van der Waals surface area contributed by atoms with E-state index in [4.69, 9.17) is 47.4 Å². The lowest BCUT2D eigenvalue weighted by atomic mass is 10.3. The van der Waals surface area contributed by atoms with E-state index >= 15 is 0 Å². The molecule has 0 saturated carbocycles. The molecule has 2 aromatic rings. The minimum absolute atomic E-state index is 0.131. The highest BCUT2D eigenvalue weighted by Crippen LogP contribution is 2.18. The molecule has 4 aliphatic rings. The number of benzene rings is 2. The summed E-state index contributed by atoms with van der Waals surface area (Å²) >= 11 is 0. The molecule has 0 aromatic heterocycles. The molecule has 34 heavy (non-hydrogen) atoms. The molecule has 0 unspecified atom stereocenters. The van der Waals surface area contributed by atoms with E-state index in [1.165, 1.54) is 0 Å². The molecule has 0 N–H and O–H groups in total. The Morgan fingerprint density at radius 2 is 0.500 bits per heavy atom. The third kappa shape index (κ3) is 11.5. The molecular weight excluding hydrogens is 448 g/mol. The molecule has 4 aliphatic heterocycles. The first kappa shape index (κ1) is 26.0. The second-order valence-corrected chi connectivity index (χ2v) is 6.85. The third-order valence-electron chi connectivity index (χ3n) is 4.37. The van der Waals surface area contributed by atoms with Crippen molar-refractivity contribution in [2.24, 2.45) is 0 Å². The number of rotatable bonds is 0. The van der Waals surface area contributed by atoms with E-state index in [1.807, 2.05) is 0 Å². The van der Waals surface area contributed by atoms with Crippen LogP contribution >= 0.6 is 0 Å². The van der Waals surface area contributed by atoms with Gasteiger partial charge in [0.05, 0.1) is 52.9 Å². The molecule has 0 radical (unpaired) electrons. The summed E-state index contributed by atoms with van der Waals surface area (Å²) in [5, 5.41) is 0. The predicted octanol–water partition coefficient (Wildman–Crippen LogP) is 2.85. The quantitative estimate of drug-likeness (QED) is 0.560. The van der Waals surface area contributed by atoms with Crippen molar-refractivity contribution in [1.29, 1.82) is 0 Å². The first-order valence-corrected chi connectivity index (χ1v) is 11.1. The zero-order chi connectivity index (χ0) is 23.5. The smallest absolute Gasteiger partial charge is 0.189 e. The molecule has 0 spiro atoms. The van der Waals surface area contributed by atoms with Gasteiger partial charge in [-0.25, -0.2) is 0 Å². The van der Waals surface area contributed by atoms with Crippen LogP contribution in [0.2, 0.25) is 0 Å². The molecule has 2 aromatic carbocycles. The maximum absolute atomic E-state index is 5.52. The van der Waals surface area contributed by atoms with Crippen molar-refractivity contribution < 1.29 is 47.4 Å². The fraction of sp³-hybridized carbons (Fsp3) is 0.500. The van der Waals surface area contributed by atoms with Gasteiger partial charge >= 0.3 is 0 Å². The number of hydrogen-bond donors (Lipinski definition) is 0. The summed E-state index contributed by atoms with van der Waals surface area (Å²) in [6.07, 6.45) is 0. The molecular formula is C24H32O10. The van der Waals surface area contributed by atoms with Crippen LogP contribution in [-0.2, 0) is 28.4 Å². The standard InChI is InChI=1S/C24H32O10/c1-2-22-4-3-21(1)31-17-27-13-9-25-11-15-29-19-33-23-5-7-24(8-6-23)34-20-30-16-12-26-10-14-28-18-32-22/h1-8H,9-20H2. The van der Waals surface area contributed by atoms with Crippen molar-refractivity contribution in [1.82, 2.24) is 0 Å². The Kier molecular flexibility index (Phi) is 13.0. The Balaban J connectivity index is 1.36. The Bertz CT molecular complexity index is 626. The fourth-order valence-corrected chi connectivity index (χ4v) is 2.61. The minimum Gasteiger partial charge on any atom is -0.468 e. The van der Waals surface area contributed by atoms with E-state index in [0.717, 1.165) is 0 Å². The Hall–Kier alpha value is -2.60. The highest BCUT2D eigenvalue weighted by Gasteiger charge is 2.00. The third-order valence-corrected chi connectivity index (χ3v) is 4.37. The van der Waals surface area contributed by atoms with Crippen LogP contribution in [0.1, 0.15) is 0 Å². The lowest BCUT2D eigenvalue weighted by Crippen LogP contribution is -2.13. The van der Waals surface area contributed by atoms with E-state index < -0.39 is 0 Å². The largest absolute Gasteiger partial charge is 0.468 e. The van der Waals surface area contributed by atoms with E-state index in [1.54, 1.807) is 48.5 Å². The predicted molar refractivity (Wildman–Crippen MR) is 120 cm³/mol. The summed E-state index contributed by atoms with van der Waals surface area (Å²) in [6, 6.07) is 14.4. The molecule has 0 amide bonds. The highest BCUT2D eigenvalue weighted by atomic mass is 16.7. The molecule has 4 bridgehead atoms. The van der Waals surface area contributed by atoms with Gasteiger partial charge in [0.1, 0.15) is 23.0 Å². The van der Waals surface area contributed by atoms with Gasteiger partial charge in [0.15, 0.2) is 27.2 Å². The molecule has 0 fully saturated rings. The van der Waals surface area contributed by atoms with Gasteiger partial charge < -0.3 is 47.4 Å². The van der Waals surface area contributed by atoms with Crippen molar-refractivity contribution in [3.05, 3.63) is 48.5 Å². The first-order valence-electron chi connectivity index (χ1n) is 11.1. The highest BCUT2D eigenvalue weighted by molar-refractivity contribution is 5.31. The van der Waals surface area contributed by atoms with Crippen LogP contribution in [0.4, 0.5) is 0 Å². The monoisotopic (exact) mass is 480 g/mol. The number of ether oxygens (including phenoxy) is 10. The average Bonchev–Trinajstić information content (AvgIpc) is 2.87. The van der Waals surface area contributed by atoms with Crippen LogP contribution in [0.5, 0.6) is 23.0 Å². The van der Waals surface area contributed by atoms with Crippen LogP contribution < -0.4 is 18.9 Å². The van der Waals surface area contributed by atoms with Crippen LogP contribution in [0.3, 0.4) is 0 Å². The van der Waals surface area contributed by atoms with E-state index in [0.29, 0.717) is 75.9 Å². The Labute approximate surface area is 199 Å². The molecule has 4 heterocycles. The molecule has 0 saturated heterocycles. The molecule has 10 nitrogen and oxygen atoms in total. The molecule has 10 heteroatoms. The maximum atomic E-state index is 5.52. The zero-order valence-electron chi connectivity index (χ0n) is 19.2. The molecule has 6 rings (SSSR count).